The van der Waals surface area contributed by atoms with Crippen molar-refractivity contribution in [3.8, 4) is 5.75 Å². The number of hydrazine groups is 1. The van der Waals surface area contributed by atoms with E-state index in [0.29, 0.717) is 5.75 Å². The molecule has 1 heterocycles. The first-order chi connectivity index (χ1) is 10.5. The Labute approximate surface area is 129 Å². The summed E-state index contributed by atoms with van der Waals surface area (Å²) in [6.07, 6.45) is 1.03. The van der Waals surface area contributed by atoms with Crippen LogP contribution in [0.25, 0.3) is 0 Å². The molecule has 0 aliphatic heterocycles. The predicted octanol–water partition coefficient (Wildman–Crippen LogP) is 1.80. The Morgan fingerprint density at radius 2 is 2.09 bits per heavy atom. The van der Waals surface area contributed by atoms with E-state index in [9.17, 15) is 14.9 Å². The Kier molecular flexibility index (Phi) is 4.69. The minimum Gasteiger partial charge on any atom is -0.496 e. The second-order valence-electron chi connectivity index (χ2n) is 3.90. The van der Waals surface area contributed by atoms with Crippen LogP contribution in [-0.4, -0.2) is 27.9 Å². The van der Waals surface area contributed by atoms with E-state index in [-0.39, 0.29) is 16.5 Å². The number of hydrogen-bond donors (Lipinski definition) is 2. The number of amides is 1. The van der Waals surface area contributed by atoms with Crippen molar-refractivity contribution in [2.75, 3.05) is 12.5 Å². The van der Waals surface area contributed by atoms with E-state index < -0.39 is 16.5 Å². The van der Waals surface area contributed by atoms with Gasteiger partial charge in [0.05, 0.1) is 17.6 Å². The maximum absolute atomic E-state index is 12.1. The second-order valence-corrected chi connectivity index (χ2v) is 4.26. The number of anilines is 1. The van der Waals surface area contributed by atoms with Gasteiger partial charge in [-0.05, 0) is 12.1 Å². The SMILES string of the molecule is COc1ccccc1C(=O)NNc1ncnc(Cl)c1[N+](=O)[O-]. The minimum absolute atomic E-state index is 0.228. The molecule has 0 atom stereocenters. The van der Waals surface area contributed by atoms with Gasteiger partial charge < -0.3 is 4.74 Å². The molecular formula is C12H10ClN5O4. The monoisotopic (exact) mass is 323 g/mol. The highest BCUT2D eigenvalue weighted by Crippen LogP contribution is 2.27. The smallest absolute Gasteiger partial charge is 0.350 e. The summed E-state index contributed by atoms with van der Waals surface area (Å²) >= 11 is 5.64. The summed E-state index contributed by atoms with van der Waals surface area (Å²) in [5.41, 5.74) is 4.36. The molecule has 2 aromatic rings. The summed E-state index contributed by atoms with van der Waals surface area (Å²) in [5.74, 6) is -0.424. The van der Waals surface area contributed by atoms with Gasteiger partial charge >= 0.3 is 5.69 Å². The second kappa shape index (κ2) is 6.68. The number of carbonyl (C=O) groups is 1. The van der Waals surface area contributed by atoms with Crippen molar-refractivity contribution in [2.45, 2.75) is 0 Å². The molecule has 0 saturated carbocycles. The van der Waals surface area contributed by atoms with Crippen molar-refractivity contribution in [3.63, 3.8) is 0 Å². The number of para-hydroxylation sites is 1. The van der Waals surface area contributed by atoms with E-state index >= 15 is 0 Å². The topological polar surface area (TPSA) is 119 Å². The van der Waals surface area contributed by atoms with Crippen LogP contribution >= 0.6 is 11.6 Å². The van der Waals surface area contributed by atoms with E-state index in [1.165, 1.54) is 13.2 Å². The number of methoxy groups -OCH3 is 1. The zero-order valence-electron chi connectivity index (χ0n) is 11.2. The fourth-order valence-electron chi connectivity index (χ4n) is 1.63. The molecule has 0 spiro atoms. The molecule has 0 unspecified atom stereocenters. The standard InChI is InChI=1S/C12H10ClN5O4/c1-22-8-5-3-2-4-7(8)12(19)17-16-11-9(18(20)21)10(13)14-6-15-11/h2-6H,1H3,(H,17,19)(H,14,15,16). The lowest BCUT2D eigenvalue weighted by molar-refractivity contribution is -0.384. The zero-order valence-corrected chi connectivity index (χ0v) is 12.0. The number of halogens is 1. The normalized spacial score (nSPS) is 9.91. The quantitative estimate of drug-likeness (QED) is 0.489. The Bertz CT molecular complexity index is 724. The summed E-state index contributed by atoms with van der Waals surface area (Å²) in [7, 11) is 1.43. The van der Waals surface area contributed by atoms with Crippen LogP contribution in [-0.2, 0) is 0 Å². The van der Waals surface area contributed by atoms with Crippen LogP contribution < -0.4 is 15.6 Å². The van der Waals surface area contributed by atoms with E-state index in [1.54, 1.807) is 18.2 Å². The number of hydrogen-bond acceptors (Lipinski definition) is 7. The van der Waals surface area contributed by atoms with Gasteiger partial charge in [0.15, 0.2) is 0 Å². The Morgan fingerprint density at radius 3 is 2.77 bits per heavy atom. The molecule has 2 N–H and O–H groups in total. The zero-order chi connectivity index (χ0) is 16.1. The van der Waals surface area contributed by atoms with Crippen LogP contribution in [0.2, 0.25) is 5.15 Å². The van der Waals surface area contributed by atoms with Crippen molar-refractivity contribution in [2.24, 2.45) is 0 Å². The fraction of sp³-hybridized carbons (Fsp3) is 0.0833. The number of rotatable bonds is 5. The Morgan fingerprint density at radius 1 is 1.36 bits per heavy atom. The van der Waals surface area contributed by atoms with Crippen LogP contribution in [0.5, 0.6) is 5.75 Å². The highest BCUT2D eigenvalue weighted by Gasteiger charge is 2.22. The van der Waals surface area contributed by atoms with Crippen molar-refractivity contribution in [1.29, 1.82) is 0 Å². The summed E-state index contributed by atoms with van der Waals surface area (Å²) in [6, 6.07) is 6.51. The summed E-state index contributed by atoms with van der Waals surface area (Å²) < 4.78 is 5.06. The summed E-state index contributed by atoms with van der Waals surface area (Å²) in [4.78, 5) is 29.4. The number of nitrogens with one attached hydrogen (secondary N) is 2. The van der Waals surface area contributed by atoms with Gasteiger partial charge in [0.1, 0.15) is 12.1 Å². The Hall–Kier alpha value is -2.94. The third-order valence-corrected chi connectivity index (χ3v) is 2.88. The first-order valence-corrected chi connectivity index (χ1v) is 6.26. The maximum atomic E-state index is 12.1. The molecule has 22 heavy (non-hydrogen) atoms. The van der Waals surface area contributed by atoms with Gasteiger partial charge in [-0.2, -0.15) is 0 Å². The van der Waals surface area contributed by atoms with Gasteiger partial charge in [0, 0.05) is 0 Å². The third kappa shape index (κ3) is 3.20. The molecule has 1 aromatic heterocycles. The van der Waals surface area contributed by atoms with Gasteiger partial charge in [0.25, 0.3) is 5.91 Å². The van der Waals surface area contributed by atoms with E-state index in [0.717, 1.165) is 6.33 Å². The molecule has 1 aromatic carbocycles. The third-order valence-electron chi connectivity index (χ3n) is 2.61. The van der Waals surface area contributed by atoms with Gasteiger partial charge in [-0.25, -0.2) is 9.97 Å². The average molecular weight is 324 g/mol. The largest absolute Gasteiger partial charge is 0.496 e. The molecule has 0 bridgehead atoms. The van der Waals surface area contributed by atoms with E-state index in [4.69, 9.17) is 16.3 Å². The molecule has 114 valence electrons. The number of nitro groups is 1. The molecule has 0 saturated heterocycles. The lowest BCUT2D eigenvalue weighted by Gasteiger charge is -2.10. The lowest BCUT2D eigenvalue weighted by Crippen LogP contribution is -2.30. The molecule has 9 nitrogen and oxygen atoms in total. The van der Waals surface area contributed by atoms with Crippen molar-refractivity contribution < 1.29 is 14.5 Å². The maximum Gasteiger partial charge on any atom is 0.350 e. The predicted molar refractivity (Wildman–Crippen MR) is 77.8 cm³/mol. The number of aromatic nitrogens is 2. The van der Waals surface area contributed by atoms with Gasteiger partial charge in [-0.3, -0.25) is 25.8 Å². The average Bonchev–Trinajstić information content (AvgIpc) is 2.52. The summed E-state index contributed by atoms with van der Waals surface area (Å²) in [5, 5.41) is 10.6. The molecule has 2 rings (SSSR count). The van der Waals surface area contributed by atoms with Crippen LogP contribution in [0.4, 0.5) is 11.5 Å². The van der Waals surface area contributed by atoms with Crippen LogP contribution in [0.15, 0.2) is 30.6 Å². The first-order valence-electron chi connectivity index (χ1n) is 5.89. The number of benzene rings is 1. The molecule has 1 amide bonds. The fourth-order valence-corrected chi connectivity index (χ4v) is 1.83. The number of nitrogens with zero attached hydrogens (tertiary/aromatic N) is 3. The highest BCUT2D eigenvalue weighted by atomic mass is 35.5. The molecular weight excluding hydrogens is 314 g/mol. The molecule has 0 fully saturated rings. The van der Waals surface area contributed by atoms with Gasteiger partial charge in [-0.1, -0.05) is 23.7 Å². The lowest BCUT2D eigenvalue weighted by atomic mass is 10.2. The Balaban J connectivity index is 2.19. The first kappa shape index (κ1) is 15.4. The number of ether oxygens (including phenoxy) is 1. The van der Waals surface area contributed by atoms with E-state index in [2.05, 4.69) is 20.8 Å². The highest BCUT2D eigenvalue weighted by molar-refractivity contribution is 6.31. The molecule has 0 aliphatic carbocycles. The minimum atomic E-state index is -0.750. The molecule has 0 radical (unpaired) electrons. The van der Waals surface area contributed by atoms with Crippen molar-refractivity contribution >= 4 is 29.0 Å². The van der Waals surface area contributed by atoms with E-state index in [1.807, 2.05) is 0 Å². The molecule has 0 aliphatic rings. The van der Waals surface area contributed by atoms with Crippen LogP contribution in [0.3, 0.4) is 0 Å². The van der Waals surface area contributed by atoms with Crippen LogP contribution in [0.1, 0.15) is 10.4 Å². The van der Waals surface area contributed by atoms with Gasteiger partial charge in [-0.15, -0.1) is 0 Å². The van der Waals surface area contributed by atoms with Crippen LogP contribution in [0, 0.1) is 10.1 Å². The van der Waals surface area contributed by atoms with Crippen molar-refractivity contribution in [1.82, 2.24) is 15.4 Å². The van der Waals surface area contributed by atoms with Crippen molar-refractivity contribution in [3.05, 3.63) is 51.4 Å². The molecule has 10 heteroatoms. The van der Waals surface area contributed by atoms with Gasteiger partial charge in [0.2, 0.25) is 11.0 Å². The summed E-state index contributed by atoms with van der Waals surface area (Å²) in [6.45, 7) is 0. The number of carbonyl (C=O) groups excluding carboxylic acids is 1.